The standard InChI is InChI=1S/C65H77N3O13/c1-4-66-33-81-51-27-49(77-2)40-14-15-41-57-48(67-63(76)60(51)59(40)57)26-50-58(41)61(74)45(32-80-50)35-22-52(78-3)62(75)53(23-35)79-31-37(29-70)65-28-36(64(19-8-5-9-20-64)68-54(72)16-17-55(68)73)24-43-47(65)25-42(38-10-6-7-11-46(38)65)39-13-12-34(18-21-69)44(30-71)56(39)43/h6-7,10-13,16-17,22-23,26-27,34,36-37,39,42-45,47,56,61,63,66-67,69-71,74-76H,4-5,8-9,14-15,18-21,24-25,28-33H2,1-3H3/t34-,36+,37-,39-,42+,43-,44+,45-,47+,56-,61-,63+,65-/m0/s1. The fraction of sp³-hybridized carbons (Fsp3) is 0.538. The zero-order valence-corrected chi connectivity index (χ0v) is 46.6. The summed E-state index contributed by atoms with van der Waals surface area (Å²) in [5, 5.41) is 77.0. The molecule has 2 bridgehead atoms. The van der Waals surface area contributed by atoms with Crippen LogP contribution in [-0.4, -0.2) is 113 Å². The lowest BCUT2D eigenvalue weighted by atomic mass is 9.37. The number of hydrogen-bond donors (Lipinski definition) is 8. The molecule has 8 N–H and O–H groups in total. The molecule has 16 nitrogen and oxygen atoms in total. The molecule has 4 aromatic rings. The lowest BCUT2D eigenvalue weighted by Gasteiger charge is -2.68. The molecule has 0 radical (unpaired) electrons. The van der Waals surface area contributed by atoms with E-state index in [2.05, 4.69) is 47.1 Å². The minimum absolute atomic E-state index is 0.000548. The highest BCUT2D eigenvalue weighted by molar-refractivity contribution is 6.13. The number of aromatic hydroxyl groups is 1. The van der Waals surface area contributed by atoms with Gasteiger partial charge >= 0.3 is 0 Å². The van der Waals surface area contributed by atoms with Crippen LogP contribution in [0.5, 0.6) is 34.5 Å². The van der Waals surface area contributed by atoms with Crippen LogP contribution in [0, 0.1) is 47.3 Å². The molecule has 3 saturated carbocycles. The topological polar surface area (TPSA) is 229 Å². The second-order valence-electron chi connectivity index (χ2n) is 24.5. The number of rotatable bonds is 17. The average Bonchev–Trinajstić information content (AvgIpc) is 3.12. The molecular formula is C65H77N3O13. The first kappa shape index (κ1) is 54.1. The molecule has 0 aromatic heterocycles. The van der Waals surface area contributed by atoms with Gasteiger partial charge in [-0.1, -0.05) is 62.6 Å². The first-order valence-electron chi connectivity index (χ1n) is 29.7. The summed E-state index contributed by atoms with van der Waals surface area (Å²) in [5.41, 5.74) is 6.89. The van der Waals surface area contributed by atoms with Crippen molar-refractivity contribution in [2.24, 2.45) is 47.3 Å². The number of anilines is 1. The summed E-state index contributed by atoms with van der Waals surface area (Å²) in [5.74, 6) is -0.0265. The number of ether oxygens (including phenoxy) is 5. The Hall–Kier alpha value is -6.14. The summed E-state index contributed by atoms with van der Waals surface area (Å²) in [4.78, 5) is 29.7. The van der Waals surface area contributed by atoms with Crippen molar-refractivity contribution < 1.29 is 63.9 Å². The lowest BCUT2D eigenvalue weighted by molar-refractivity contribution is -0.160. The predicted octanol–water partition coefficient (Wildman–Crippen LogP) is 7.85. The summed E-state index contributed by atoms with van der Waals surface area (Å²) < 4.78 is 31.6. The number of nitrogens with one attached hydrogen (secondary N) is 2. The van der Waals surface area contributed by atoms with E-state index in [1.54, 1.807) is 24.1 Å². The SMILES string of the molecule is CCNCOc1cc(OC)c2c3c1[C@@H](O)Nc1cc4c(c(c1-3)CC2)[C@@H](O)[C@H](c1cc(OC)c(O)c(OC[C@H](CO)[C@]23C[C@H](C5(N6C(=O)C=CC6=O)CCCCC5)C[C@@H]5[C@@H]6[C@@H](C=C[C@@H](CCO)[C@H]6CO)[C@H](C[C@H]52)c2ccccc23)c1)CO4. The number of phenols is 1. The van der Waals surface area contributed by atoms with E-state index in [1.165, 1.54) is 24.8 Å². The Balaban J connectivity index is 0.886. The summed E-state index contributed by atoms with van der Waals surface area (Å²) in [6, 6.07) is 15.8. The van der Waals surface area contributed by atoms with Gasteiger partial charge in [-0.3, -0.25) is 19.8 Å². The van der Waals surface area contributed by atoms with E-state index < -0.39 is 35.1 Å². The van der Waals surface area contributed by atoms with Gasteiger partial charge in [0, 0.05) is 82.7 Å². The number of hydrogen-bond acceptors (Lipinski definition) is 15. The molecule has 3 aliphatic heterocycles. The number of imide groups is 1. The summed E-state index contributed by atoms with van der Waals surface area (Å²) in [6.45, 7) is 2.68. The number of phenolic OH excluding ortho intramolecular Hbond substituents is 1. The molecule has 3 fully saturated rings. The Morgan fingerprint density at radius 2 is 1.62 bits per heavy atom. The van der Waals surface area contributed by atoms with Gasteiger partial charge in [-0.25, -0.2) is 0 Å². The molecule has 16 heteroatoms. The molecule has 81 heavy (non-hydrogen) atoms. The maximum atomic E-state index is 14.1. The molecule has 0 saturated heterocycles. The number of carbonyl (C=O) groups excluding carboxylic acids is 2. The number of amides is 2. The van der Waals surface area contributed by atoms with Crippen molar-refractivity contribution in [3.63, 3.8) is 0 Å². The van der Waals surface area contributed by atoms with Gasteiger partial charge in [-0.2, -0.15) is 0 Å². The third-order valence-electron chi connectivity index (χ3n) is 21.4. The number of carbonyl (C=O) groups is 2. The summed E-state index contributed by atoms with van der Waals surface area (Å²) in [7, 11) is 3.11. The fourth-order valence-corrected chi connectivity index (χ4v) is 18.1. The third-order valence-corrected chi connectivity index (χ3v) is 21.4. The van der Waals surface area contributed by atoms with Gasteiger partial charge in [0.1, 0.15) is 24.0 Å². The predicted molar refractivity (Wildman–Crippen MR) is 301 cm³/mol. The Labute approximate surface area is 473 Å². The van der Waals surface area contributed by atoms with E-state index >= 15 is 0 Å². The highest BCUT2D eigenvalue weighted by atomic mass is 16.5. The molecule has 2 amide bonds. The third kappa shape index (κ3) is 8.26. The average molecular weight is 1110 g/mol. The van der Waals surface area contributed by atoms with Crippen molar-refractivity contribution in [1.29, 1.82) is 0 Å². The number of fused-ring (bicyclic) bond motifs is 9. The second-order valence-corrected chi connectivity index (χ2v) is 24.5. The van der Waals surface area contributed by atoms with Crippen LogP contribution in [0.2, 0.25) is 0 Å². The number of aliphatic hydroxyl groups excluding tert-OH is 5. The molecule has 9 aliphatic rings. The Kier molecular flexibility index (Phi) is 14.2. The maximum Gasteiger partial charge on any atom is 0.254 e. The van der Waals surface area contributed by atoms with E-state index in [4.69, 9.17) is 23.7 Å². The van der Waals surface area contributed by atoms with Crippen LogP contribution in [0.1, 0.15) is 128 Å². The Morgan fingerprint density at radius 3 is 2.36 bits per heavy atom. The molecule has 0 unspecified atom stereocenters. The van der Waals surface area contributed by atoms with Crippen LogP contribution in [-0.2, 0) is 27.8 Å². The van der Waals surface area contributed by atoms with Crippen molar-refractivity contribution >= 4 is 17.5 Å². The van der Waals surface area contributed by atoms with E-state index in [0.717, 1.165) is 59.9 Å². The number of allylic oxidation sites excluding steroid dienone is 2. The van der Waals surface area contributed by atoms with Gasteiger partial charge in [0.2, 0.25) is 5.75 Å². The van der Waals surface area contributed by atoms with E-state index in [9.17, 15) is 40.2 Å². The van der Waals surface area contributed by atoms with Gasteiger partial charge in [-0.05, 0) is 140 Å². The van der Waals surface area contributed by atoms with Crippen molar-refractivity contribution in [2.45, 2.75) is 113 Å². The molecule has 6 aliphatic carbocycles. The Bertz CT molecular complexity index is 3170. The van der Waals surface area contributed by atoms with Crippen molar-refractivity contribution in [2.75, 3.05) is 65.8 Å². The monoisotopic (exact) mass is 1110 g/mol. The first-order valence-corrected chi connectivity index (χ1v) is 29.7. The van der Waals surface area contributed by atoms with E-state index in [1.807, 2.05) is 19.1 Å². The van der Waals surface area contributed by atoms with Crippen LogP contribution >= 0.6 is 0 Å². The van der Waals surface area contributed by atoms with Gasteiger partial charge < -0.3 is 59.6 Å². The van der Waals surface area contributed by atoms with Gasteiger partial charge in [0.25, 0.3) is 11.8 Å². The fourth-order valence-electron chi connectivity index (χ4n) is 18.1. The van der Waals surface area contributed by atoms with Crippen LogP contribution in [0.25, 0.3) is 11.1 Å². The molecular weight excluding hydrogens is 1030 g/mol. The van der Waals surface area contributed by atoms with Gasteiger partial charge in [0.15, 0.2) is 17.7 Å². The minimum Gasteiger partial charge on any atom is -0.502 e. The van der Waals surface area contributed by atoms with Crippen molar-refractivity contribution in [3.05, 3.63) is 112 Å². The molecule has 3 heterocycles. The highest BCUT2D eigenvalue weighted by Gasteiger charge is 2.67. The zero-order chi connectivity index (χ0) is 56.1. The van der Waals surface area contributed by atoms with Crippen molar-refractivity contribution in [1.82, 2.24) is 10.2 Å². The lowest BCUT2D eigenvalue weighted by Crippen LogP contribution is -2.67. The van der Waals surface area contributed by atoms with Gasteiger partial charge in [-0.15, -0.1) is 0 Å². The van der Waals surface area contributed by atoms with E-state index in [0.29, 0.717) is 84.7 Å². The van der Waals surface area contributed by atoms with Crippen LogP contribution in [0.4, 0.5) is 5.69 Å². The normalized spacial score (nSPS) is 31.0. The summed E-state index contributed by atoms with van der Waals surface area (Å²) in [6.07, 6.45) is 13.2. The van der Waals surface area contributed by atoms with Crippen LogP contribution in [0.3, 0.4) is 0 Å². The van der Waals surface area contributed by atoms with Crippen LogP contribution < -0.4 is 34.3 Å². The first-order chi connectivity index (χ1) is 39.4. The van der Waals surface area contributed by atoms with E-state index in [-0.39, 0.29) is 116 Å². The molecule has 0 spiro atoms. The van der Waals surface area contributed by atoms with Crippen LogP contribution in [0.15, 0.2) is 72.8 Å². The molecule has 4 aromatic carbocycles. The smallest absolute Gasteiger partial charge is 0.254 e. The number of benzene rings is 4. The zero-order valence-electron chi connectivity index (χ0n) is 46.6. The quantitative estimate of drug-likeness (QED) is 0.0218. The summed E-state index contributed by atoms with van der Waals surface area (Å²) >= 11 is 0. The second kappa shape index (κ2) is 21.2. The molecule has 430 valence electrons. The number of aliphatic hydroxyl groups is 5. The largest absolute Gasteiger partial charge is 0.502 e. The molecule has 13 atom stereocenters. The maximum absolute atomic E-state index is 14.1. The van der Waals surface area contributed by atoms with Crippen molar-refractivity contribution in [3.8, 4) is 45.6 Å². The number of nitrogens with zero attached hydrogens (tertiary/aromatic N) is 1. The highest BCUT2D eigenvalue weighted by Crippen LogP contribution is 2.71. The molecule has 13 rings (SSSR count). The minimum atomic E-state index is -1.08. The Morgan fingerprint density at radius 1 is 0.852 bits per heavy atom. The van der Waals surface area contributed by atoms with Gasteiger partial charge in [0.05, 0.1) is 51.2 Å². The number of methoxy groups -OCH3 is 2.